The molecule has 0 unspecified atom stereocenters. The molecule has 2 aromatic rings. The van der Waals surface area contributed by atoms with Crippen LogP contribution in [0.5, 0.6) is 0 Å². The lowest BCUT2D eigenvalue weighted by molar-refractivity contribution is 0.0965. The predicted octanol–water partition coefficient (Wildman–Crippen LogP) is 4.09. The van der Waals surface area contributed by atoms with Crippen LogP contribution in [0.2, 0.25) is 0 Å². The quantitative estimate of drug-likeness (QED) is 0.877. The number of halogens is 1. The first-order valence-electron chi connectivity index (χ1n) is 7.25. The predicted molar refractivity (Wildman–Crippen MR) is 88.0 cm³/mol. The molecule has 0 spiro atoms. The molecule has 0 atom stereocenters. The molecule has 5 heteroatoms. The van der Waals surface area contributed by atoms with Crippen molar-refractivity contribution in [1.29, 1.82) is 0 Å². The van der Waals surface area contributed by atoms with Gasteiger partial charge in [0, 0.05) is 5.56 Å². The van der Waals surface area contributed by atoms with Crippen LogP contribution in [0.4, 0.5) is 14.9 Å². The summed E-state index contributed by atoms with van der Waals surface area (Å²) in [5, 5.41) is 4.55. The second-order valence-corrected chi connectivity index (χ2v) is 6.18. The third-order valence-corrected chi connectivity index (χ3v) is 3.33. The molecule has 23 heavy (non-hydrogen) atoms. The number of hydrogen-bond acceptors (Lipinski definition) is 2. The SMILES string of the molecule is CC(C)(C)c1ccccc1C(=O)NC(=O)Nc1ccccc1F. The number of carbonyl (C=O) groups excluding carboxylic acids is 2. The molecular weight excluding hydrogens is 295 g/mol. The Hall–Kier alpha value is -2.69. The van der Waals surface area contributed by atoms with E-state index in [1.165, 1.54) is 18.2 Å². The summed E-state index contributed by atoms with van der Waals surface area (Å²) in [7, 11) is 0. The van der Waals surface area contributed by atoms with E-state index in [9.17, 15) is 14.0 Å². The number of carbonyl (C=O) groups is 2. The van der Waals surface area contributed by atoms with E-state index in [1.807, 2.05) is 32.9 Å². The Balaban J connectivity index is 2.14. The maximum Gasteiger partial charge on any atom is 0.326 e. The van der Waals surface area contributed by atoms with Crippen LogP contribution >= 0.6 is 0 Å². The molecule has 0 aliphatic heterocycles. The third-order valence-electron chi connectivity index (χ3n) is 3.33. The van der Waals surface area contributed by atoms with Crippen molar-refractivity contribution in [2.75, 3.05) is 5.32 Å². The highest BCUT2D eigenvalue weighted by molar-refractivity contribution is 6.08. The number of urea groups is 1. The number of anilines is 1. The van der Waals surface area contributed by atoms with E-state index in [4.69, 9.17) is 0 Å². The molecule has 0 heterocycles. The minimum absolute atomic E-state index is 0.0157. The second-order valence-electron chi connectivity index (χ2n) is 6.18. The summed E-state index contributed by atoms with van der Waals surface area (Å²) < 4.78 is 13.5. The second kappa shape index (κ2) is 6.60. The highest BCUT2D eigenvalue weighted by Crippen LogP contribution is 2.25. The Kier molecular flexibility index (Phi) is 4.79. The molecule has 0 bridgehead atoms. The summed E-state index contributed by atoms with van der Waals surface area (Å²) in [4.78, 5) is 24.2. The summed E-state index contributed by atoms with van der Waals surface area (Å²) in [6.45, 7) is 5.95. The highest BCUT2D eigenvalue weighted by Gasteiger charge is 2.22. The summed E-state index contributed by atoms with van der Waals surface area (Å²) in [6.07, 6.45) is 0. The number of hydrogen-bond donors (Lipinski definition) is 2. The van der Waals surface area contributed by atoms with Crippen molar-refractivity contribution in [2.45, 2.75) is 26.2 Å². The first-order chi connectivity index (χ1) is 10.8. The smallest absolute Gasteiger partial charge is 0.305 e. The van der Waals surface area contributed by atoms with Crippen molar-refractivity contribution in [3.05, 3.63) is 65.5 Å². The van der Waals surface area contributed by atoms with Crippen molar-refractivity contribution in [3.63, 3.8) is 0 Å². The van der Waals surface area contributed by atoms with Gasteiger partial charge in [-0.25, -0.2) is 9.18 Å². The molecule has 0 aliphatic rings. The minimum Gasteiger partial charge on any atom is -0.305 e. The van der Waals surface area contributed by atoms with E-state index in [1.54, 1.807) is 18.2 Å². The molecule has 0 radical (unpaired) electrons. The topological polar surface area (TPSA) is 58.2 Å². The normalized spacial score (nSPS) is 11.0. The summed E-state index contributed by atoms with van der Waals surface area (Å²) in [5.41, 5.74) is 1.03. The molecule has 120 valence electrons. The van der Waals surface area contributed by atoms with Gasteiger partial charge in [0.25, 0.3) is 5.91 Å². The molecule has 0 saturated heterocycles. The number of amides is 3. The lowest BCUT2D eigenvalue weighted by Crippen LogP contribution is -2.35. The van der Waals surface area contributed by atoms with Crippen LogP contribution in [0.15, 0.2) is 48.5 Å². The van der Waals surface area contributed by atoms with E-state index >= 15 is 0 Å². The van der Waals surface area contributed by atoms with Gasteiger partial charge in [0.1, 0.15) is 5.82 Å². The Bertz CT molecular complexity index is 736. The highest BCUT2D eigenvalue weighted by atomic mass is 19.1. The van der Waals surface area contributed by atoms with Gasteiger partial charge >= 0.3 is 6.03 Å². The van der Waals surface area contributed by atoms with Crippen LogP contribution in [0.1, 0.15) is 36.7 Å². The third kappa shape index (κ3) is 4.16. The summed E-state index contributed by atoms with van der Waals surface area (Å²) in [5.74, 6) is -1.09. The van der Waals surface area contributed by atoms with Crippen LogP contribution in [-0.2, 0) is 5.41 Å². The summed E-state index contributed by atoms with van der Waals surface area (Å²) >= 11 is 0. The molecule has 0 saturated carbocycles. The number of rotatable bonds is 2. The fraction of sp³-hybridized carbons (Fsp3) is 0.222. The van der Waals surface area contributed by atoms with Gasteiger partial charge in [-0.1, -0.05) is 51.1 Å². The fourth-order valence-corrected chi connectivity index (χ4v) is 2.22. The van der Waals surface area contributed by atoms with Gasteiger partial charge in [-0.15, -0.1) is 0 Å². The van der Waals surface area contributed by atoms with Crippen molar-refractivity contribution in [3.8, 4) is 0 Å². The zero-order valence-electron chi connectivity index (χ0n) is 13.3. The number of nitrogens with one attached hydrogen (secondary N) is 2. The van der Waals surface area contributed by atoms with Gasteiger partial charge in [0.2, 0.25) is 0 Å². The van der Waals surface area contributed by atoms with Gasteiger partial charge in [0.15, 0.2) is 0 Å². The first-order valence-corrected chi connectivity index (χ1v) is 7.25. The lowest BCUT2D eigenvalue weighted by Gasteiger charge is -2.22. The van der Waals surface area contributed by atoms with E-state index in [2.05, 4.69) is 10.6 Å². The lowest BCUT2D eigenvalue weighted by atomic mass is 9.83. The Morgan fingerprint density at radius 3 is 2.22 bits per heavy atom. The van der Waals surface area contributed by atoms with Crippen molar-refractivity contribution >= 4 is 17.6 Å². The maximum absolute atomic E-state index is 13.5. The van der Waals surface area contributed by atoms with E-state index in [0.717, 1.165) is 5.56 Å². The molecular formula is C18H19FN2O2. The van der Waals surface area contributed by atoms with Crippen LogP contribution in [0.3, 0.4) is 0 Å². The number of imide groups is 1. The Morgan fingerprint density at radius 1 is 0.957 bits per heavy atom. The molecule has 2 N–H and O–H groups in total. The Morgan fingerprint density at radius 2 is 1.57 bits per heavy atom. The zero-order valence-corrected chi connectivity index (χ0v) is 13.3. The Labute approximate surface area is 134 Å². The zero-order chi connectivity index (χ0) is 17.0. The fourth-order valence-electron chi connectivity index (χ4n) is 2.22. The summed E-state index contributed by atoms with van der Waals surface area (Å²) in [6, 6.07) is 12.1. The van der Waals surface area contributed by atoms with Crippen LogP contribution in [0.25, 0.3) is 0 Å². The molecule has 2 aromatic carbocycles. The van der Waals surface area contributed by atoms with Gasteiger partial charge < -0.3 is 5.32 Å². The van der Waals surface area contributed by atoms with E-state index in [0.29, 0.717) is 5.56 Å². The van der Waals surface area contributed by atoms with Gasteiger partial charge in [-0.2, -0.15) is 0 Å². The number of benzene rings is 2. The van der Waals surface area contributed by atoms with Crippen molar-refractivity contribution in [1.82, 2.24) is 5.32 Å². The van der Waals surface area contributed by atoms with E-state index < -0.39 is 17.8 Å². The van der Waals surface area contributed by atoms with Gasteiger partial charge in [-0.3, -0.25) is 10.1 Å². The number of para-hydroxylation sites is 1. The van der Waals surface area contributed by atoms with Crippen LogP contribution in [0, 0.1) is 5.82 Å². The van der Waals surface area contributed by atoms with Crippen LogP contribution in [-0.4, -0.2) is 11.9 Å². The average Bonchev–Trinajstić information content (AvgIpc) is 2.48. The molecule has 3 amide bonds. The molecule has 4 nitrogen and oxygen atoms in total. The van der Waals surface area contributed by atoms with Crippen molar-refractivity contribution in [2.24, 2.45) is 0 Å². The molecule has 2 rings (SSSR count). The van der Waals surface area contributed by atoms with Crippen LogP contribution < -0.4 is 10.6 Å². The molecule has 0 aromatic heterocycles. The van der Waals surface area contributed by atoms with E-state index in [-0.39, 0.29) is 11.1 Å². The monoisotopic (exact) mass is 314 g/mol. The maximum atomic E-state index is 13.5. The van der Waals surface area contributed by atoms with Gasteiger partial charge in [-0.05, 0) is 29.2 Å². The molecule has 0 aliphatic carbocycles. The minimum atomic E-state index is -0.774. The first kappa shape index (κ1) is 16.7. The molecule has 0 fully saturated rings. The van der Waals surface area contributed by atoms with Crippen molar-refractivity contribution < 1.29 is 14.0 Å². The standard InChI is InChI=1S/C18H19FN2O2/c1-18(2,3)13-9-5-4-8-12(13)16(22)21-17(23)20-15-11-7-6-10-14(15)19/h4-11H,1-3H3,(H2,20,21,22,23). The average molecular weight is 314 g/mol. The largest absolute Gasteiger partial charge is 0.326 e. The van der Waals surface area contributed by atoms with Gasteiger partial charge in [0.05, 0.1) is 5.69 Å².